The second-order valence-corrected chi connectivity index (χ2v) is 4.35. The SMILES string of the molecule is COc1cc(NCc2cccc(C#N)c2F)cc(OC)c1. The van der Waals surface area contributed by atoms with Gasteiger partial charge in [0.2, 0.25) is 0 Å². The van der Waals surface area contributed by atoms with Crippen molar-refractivity contribution >= 4 is 5.69 Å². The molecule has 2 aromatic rings. The zero-order valence-corrected chi connectivity index (χ0v) is 11.8. The fraction of sp³-hybridized carbons (Fsp3) is 0.188. The molecule has 0 saturated heterocycles. The molecule has 0 aliphatic heterocycles. The molecule has 0 heterocycles. The van der Waals surface area contributed by atoms with Gasteiger partial charge >= 0.3 is 0 Å². The van der Waals surface area contributed by atoms with Gasteiger partial charge in [0, 0.05) is 36.0 Å². The van der Waals surface area contributed by atoms with Crippen LogP contribution in [0.25, 0.3) is 0 Å². The van der Waals surface area contributed by atoms with Gasteiger partial charge < -0.3 is 14.8 Å². The van der Waals surface area contributed by atoms with Crippen LogP contribution in [0.4, 0.5) is 10.1 Å². The van der Waals surface area contributed by atoms with Crippen LogP contribution in [0.5, 0.6) is 11.5 Å². The van der Waals surface area contributed by atoms with Crippen LogP contribution < -0.4 is 14.8 Å². The molecule has 0 aliphatic rings. The Hall–Kier alpha value is -2.74. The first-order chi connectivity index (χ1) is 10.2. The van der Waals surface area contributed by atoms with Crippen molar-refractivity contribution in [3.8, 4) is 17.6 Å². The van der Waals surface area contributed by atoms with E-state index >= 15 is 0 Å². The average Bonchev–Trinajstić information content (AvgIpc) is 2.53. The van der Waals surface area contributed by atoms with E-state index in [4.69, 9.17) is 14.7 Å². The van der Waals surface area contributed by atoms with Crippen LogP contribution in [0.15, 0.2) is 36.4 Å². The maximum atomic E-state index is 14.0. The minimum Gasteiger partial charge on any atom is -0.497 e. The Morgan fingerprint density at radius 3 is 2.38 bits per heavy atom. The molecule has 108 valence electrons. The summed E-state index contributed by atoms with van der Waals surface area (Å²) in [7, 11) is 3.13. The van der Waals surface area contributed by atoms with E-state index in [1.54, 1.807) is 44.6 Å². The lowest BCUT2D eigenvalue weighted by molar-refractivity contribution is 0.394. The first-order valence-corrected chi connectivity index (χ1v) is 6.32. The van der Waals surface area contributed by atoms with E-state index in [1.165, 1.54) is 6.07 Å². The highest BCUT2D eigenvalue weighted by molar-refractivity contribution is 5.54. The second-order valence-electron chi connectivity index (χ2n) is 4.35. The topological polar surface area (TPSA) is 54.3 Å². The van der Waals surface area contributed by atoms with Crippen molar-refractivity contribution in [2.24, 2.45) is 0 Å². The molecule has 0 fully saturated rings. The molecule has 1 N–H and O–H groups in total. The Bertz CT molecular complexity index is 658. The van der Waals surface area contributed by atoms with Gasteiger partial charge in [-0.05, 0) is 6.07 Å². The molecule has 4 nitrogen and oxygen atoms in total. The van der Waals surface area contributed by atoms with E-state index in [-0.39, 0.29) is 12.1 Å². The predicted octanol–water partition coefficient (Wildman–Crippen LogP) is 3.33. The van der Waals surface area contributed by atoms with Crippen LogP contribution in [0.1, 0.15) is 11.1 Å². The summed E-state index contributed by atoms with van der Waals surface area (Å²) in [6, 6.07) is 11.9. The number of nitrogens with one attached hydrogen (secondary N) is 1. The van der Waals surface area contributed by atoms with Gasteiger partial charge in [-0.1, -0.05) is 12.1 Å². The standard InChI is InChI=1S/C16H15FN2O2/c1-20-14-6-13(7-15(8-14)21-2)19-10-12-5-3-4-11(9-18)16(12)17/h3-8,19H,10H2,1-2H3. The molecule has 0 amide bonds. The molecule has 2 aromatic carbocycles. The smallest absolute Gasteiger partial charge is 0.145 e. The van der Waals surface area contributed by atoms with Crippen molar-refractivity contribution in [1.82, 2.24) is 0 Å². The van der Waals surface area contributed by atoms with Crippen molar-refractivity contribution in [2.75, 3.05) is 19.5 Å². The maximum absolute atomic E-state index is 14.0. The monoisotopic (exact) mass is 286 g/mol. The molecule has 0 bridgehead atoms. The Morgan fingerprint density at radius 1 is 1.14 bits per heavy atom. The third-order valence-electron chi connectivity index (χ3n) is 3.03. The van der Waals surface area contributed by atoms with E-state index in [9.17, 15) is 4.39 Å². The van der Waals surface area contributed by atoms with Crippen LogP contribution in [0.2, 0.25) is 0 Å². The highest BCUT2D eigenvalue weighted by atomic mass is 19.1. The molecule has 0 spiro atoms. The summed E-state index contributed by atoms with van der Waals surface area (Å²) in [5, 5.41) is 11.9. The molecule has 0 saturated carbocycles. The number of halogens is 1. The van der Waals surface area contributed by atoms with E-state index in [0.717, 1.165) is 5.69 Å². The molecule has 0 aromatic heterocycles. The van der Waals surface area contributed by atoms with Gasteiger partial charge in [-0.2, -0.15) is 5.26 Å². The summed E-state index contributed by atoms with van der Waals surface area (Å²) in [4.78, 5) is 0. The molecule has 0 atom stereocenters. The Kier molecular flexibility index (Phi) is 4.62. The van der Waals surface area contributed by atoms with Crippen molar-refractivity contribution in [2.45, 2.75) is 6.54 Å². The zero-order valence-electron chi connectivity index (χ0n) is 11.8. The van der Waals surface area contributed by atoms with E-state index in [2.05, 4.69) is 5.32 Å². The summed E-state index contributed by atoms with van der Waals surface area (Å²) in [6.45, 7) is 0.262. The van der Waals surface area contributed by atoms with Crippen molar-refractivity contribution in [1.29, 1.82) is 5.26 Å². The number of rotatable bonds is 5. The Balaban J connectivity index is 2.19. The van der Waals surface area contributed by atoms with Crippen molar-refractivity contribution < 1.29 is 13.9 Å². The Morgan fingerprint density at radius 2 is 1.81 bits per heavy atom. The molecular formula is C16H15FN2O2. The molecule has 2 rings (SSSR count). The normalized spacial score (nSPS) is 9.81. The van der Waals surface area contributed by atoms with Gasteiger partial charge in [0.25, 0.3) is 0 Å². The first-order valence-electron chi connectivity index (χ1n) is 6.32. The van der Waals surface area contributed by atoms with Crippen LogP contribution in [-0.4, -0.2) is 14.2 Å². The maximum Gasteiger partial charge on any atom is 0.145 e. The second kappa shape index (κ2) is 6.62. The van der Waals surface area contributed by atoms with E-state index < -0.39 is 5.82 Å². The van der Waals surface area contributed by atoms with E-state index in [1.807, 2.05) is 6.07 Å². The van der Waals surface area contributed by atoms with Crippen LogP contribution >= 0.6 is 0 Å². The first kappa shape index (κ1) is 14.7. The largest absolute Gasteiger partial charge is 0.497 e. The van der Waals surface area contributed by atoms with Crippen molar-refractivity contribution in [3.63, 3.8) is 0 Å². The van der Waals surface area contributed by atoms with Gasteiger partial charge in [-0.25, -0.2) is 4.39 Å². The number of ether oxygens (including phenoxy) is 2. The highest BCUT2D eigenvalue weighted by Crippen LogP contribution is 2.26. The molecule has 21 heavy (non-hydrogen) atoms. The van der Waals surface area contributed by atoms with Crippen molar-refractivity contribution in [3.05, 3.63) is 53.3 Å². The number of nitrogens with zero attached hydrogens (tertiary/aromatic N) is 1. The number of nitriles is 1. The van der Waals surface area contributed by atoms with Crippen LogP contribution in [0.3, 0.4) is 0 Å². The van der Waals surface area contributed by atoms with Gasteiger partial charge in [0.05, 0.1) is 19.8 Å². The summed E-state index contributed by atoms with van der Waals surface area (Å²) in [6.07, 6.45) is 0. The fourth-order valence-electron chi connectivity index (χ4n) is 1.91. The molecule has 0 aliphatic carbocycles. The zero-order chi connectivity index (χ0) is 15.2. The number of hydrogen-bond donors (Lipinski definition) is 1. The van der Waals surface area contributed by atoms with Gasteiger partial charge in [0.15, 0.2) is 0 Å². The third kappa shape index (κ3) is 3.42. The predicted molar refractivity (Wildman–Crippen MR) is 78.0 cm³/mol. The minimum absolute atomic E-state index is 0.0394. The summed E-state index contributed by atoms with van der Waals surface area (Å²) in [5.74, 6) is 0.786. The number of benzene rings is 2. The molecular weight excluding hydrogens is 271 g/mol. The van der Waals surface area contributed by atoms with Gasteiger partial charge in [-0.3, -0.25) is 0 Å². The third-order valence-corrected chi connectivity index (χ3v) is 3.03. The minimum atomic E-state index is -0.498. The number of anilines is 1. The lowest BCUT2D eigenvalue weighted by Crippen LogP contribution is -2.03. The average molecular weight is 286 g/mol. The highest BCUT2D eigenvalue weighted by Gasteiger charge is 2.08. The summed E-state index contributed by atoms with van der Waals surface area (Å²) in [5.41, 5.74) is 1.21. The number of methoxy groups -OCH3 is 2. The lowest BCUT2D eigenvalue weighted by Gasteiger charge is -2.11. The van der Waals surface area contributed by atoms with Crippen LogP contribution in [0, 0.1) is 17.1 Å². The van der Waals surface area contributed by atoms with Crippen LogP contribution in [-0.2, 0) is 6.54 Å². The van der Waals surface area contributed by atoms with E-state index in [0.29, 0.717) is 17.1 Å². The fourth-order valence-corrected chi connectivity index (χ4v) is 1.91. The van der Waals surface area contributed by atoms with Gasteiger partial charge in [0.1, 0.15) is 23.4 Å². The summed E-state index contributed by atoms with van der Waals surface area (Å²) >= 11 is 0. The molecule has 0 radical (unpaired) electrons. The number of hydrogen-bond acceptors (Lipinski definition) is 4. The molecule has 5 heteroatoms. The quantitative estimate of drug-likeness (QED) is 0.916. The Labute approximate surface area is 122 Å². The summed E-state index contributed by atoms with van der Waals surface area (Å²) < 4.78 is 24.3. The molecule has 0 unspecified atom stereocenters. The van der Waals surface area contributed by atoms with Gasteiger partial charge in [-0.15, -0.1) is 0 Å². The lowest BCUT2D eigenvalue weighted by atomic mass is 10.1.